The number of thiophene rings is 1. The Hall–Kier alpha value is -2.14. The maximum absolute atomic E-state index is 12.4. The molecule has 25 heavy (non-hydrogen) atoms. The molecule has 2 aliphatic heterocycles. The summed E-state index contributed by atoms with van der Waals surface area (Å²) in [6.45, 7) is 2.38. The lowest BCUT2D eigenvalue weighted by atomic mass is 9.93. The molecule has 4 rings (SSSR count). The first-order valence-corrected chi connectivity index (χ1v) is 9.65. The minimum atomic E-state index is -0.166. The molecule has 5 nitrogen and oxygen atoms in total. The van der Waals surface area contributed by atoms with Gasteiger partial charge in [0, 0.05) is 36.0 Å². The molecule has 0 spiro atoms. The number of benzene rings is 1. The normalized spacial score (nSPS) is 24.9. The monoisotopic (exact) mass is 368 g/mol. The summed E-state index contributed by atoms with van der Waals surface area (Å²) in [5.74, 6) is 0.218. The van der Waals surface area contributed by atoms with E-state index in [1.807, 2.05) is 30.3 Å². The summed E-state index contributed by atoms with van der Waals surface area (Å²) < 4.78 is -0.166. The molecule has 1 fully saturated rings. The number of carbonyl (C=O) groups excluding carboxylic acids is 1. The Balaban J connectivity index is 1.58. The summed E-state index contributed by atoms with van der Waals surface area (Å²) in [5, 5.41) is 16.2. The molecule has 2 N–H and O–H groups in total. The van der Waals surface area contributed by atoms with Gasteiger partial charge in [0.25, 0.3) is 5.91 Å². The number of hydrogen-bond acceptors (Lipinski definition) is 6. The van der Waals surface area contributed by atoms with Gasteiger partial charge in [0.1, 0.15) is 10.9 Å². The average molecular weight is 368 g/mol. The van der Waals surface area contributed by atoms with E-state index in [4.69, 9.17) is 5.26 Å². The van der Waals surface area contributed by atoms with Crippen molar-refractivity contribution in [2.24, 2.45) is 10.9 Å². The summed E-state index contributed by atoms with van der Waals surface area (Å²) in [6, 6.07) is 15.3. The summed E-state index contributed by atoms with van der Waals surface area (Å²) in [6.07, 6.45) is 0. The van der Waals surface area contributed by atoms with Gasteiger partial charge in [-0.25, -0.2) is 0 Å². The molecule has 0 bridgehead atoms. The van der Waals surface area contributed by atoms with Crippen LogP contribution in [0.2, 0.25) is 0 Å². The van der Waals surface area contributed by atoms with E-state index in [-0.39, 0.29) is 10.7 Å². The van der Waals surface area contributed by atoms with Crippen LogP contribution >= 0.6 is 23.1 Å². The zero-order valence-electron chi connectivity index (χ0n) is 13.4. The molecule has 2 aromatic rings. The van der Waals surface area contributed by atoms with E-state index in [0.29, 0.717) is 28.1 Å². The number of rotatable bonds is 2. The van der Waals surface area contributed by atoms with Crippen LogP contribution in [0.4, 0.5) is 0 Å². The van der Waals surface area contributed by atoms with Gasteiger partial charge in [-0.05, 0) is 24.3 Å². The van der Waals surface area contributed by atoms with Gasteiger partial charge in [0.05, 0.1) is 4.75 Å². The number of carbonyl (C=O) groups is 1. The number of hydrogen-bond donors (Lipinski definition) is 2. The van der Waals surface area contributed by atoms with Crippen molar-refractivity contribution in [2.75, 3.05) is 19.6 Å². The Morgan fingerprint density at radius 3 is 2.92 bits per heavy atom. The Kier molecular flexibility index (Phi) is 4.34. The predicted octanol–water partition coefficient (Wildman–Crippen LogP) is 2.57. The molecule has 7 heteroatoms. The van der Waals surface area contributed by atoms with Crippen molar-refractivity contribution in [3.05, 3.63) is 57.8 Å². The number of nitrogens with one attached hydrogen (secondary N) is 2. The zero-order valence-corrected chi connectivity index (χ0v) is 15.0. The predicted molar refractivity (Wildman–Crippen MR) is 101 cm³/mol. The standard InChI is InChI=1S/C18H16N4OS2/c19-8-14-6-7-15(24-14)18-11-20-9-13(18)10-21-17(25-18)22-16(23)12-4-2-1-3-5-12/h1-7,13,20H,9-11H2,(H,21,22,23)/t13-,18+/m1/s1. The Labute approximate surface area is 154 Å². The van der Waals surface area contributed by atoms with Crippen LogP contribution in [0.1, 0.15) is 20.1 Å². The number of fused-ring (bicyclic) bond motifs is 1. The van der Waals surface area contributed by atoms with E-state index >= 15 is 0 Å². The molecule has 0 aliphatic carbocycles. The van der Waals surface area contributed by atoms with Crippen molar-refractivity contribution >= 4 is 34.2 Å². The second kappa shape index (κ2) is 6.64. The highest BCUT2D eigenvalue weighted by molar-refractivity contribution is 8.14. The molecule has 0 radical (unpaired) electrons. The van der Waals surface area contributed by atoms with Crippen LogP contribution in [0.3, 0.4) is 0 Å². The van der Waals surface area contributed by atoms with Crippen LogP contribution in [0.25, 0.3) is 0 Å². The number of nitriles is 1. The minimum Gasteiger partial charge on any atom is -0.315 e. The molecule has 126 valence electrons. The lowest BCUT2D eigenvalue weighted by Gasteiger charge is -2.36. The molecule has 2 atom stereocenters. The third-order valence-electron chi connectivity index (χ3n) is 4.56. The van der Waals surface area contributed by atoms with Gasteiger partial charge >= 0.3 is 0 Å². The highest BCUT2D eigenvalue weighted by Gasteiger charge is 2.49. The van der Waals surface area contributed by atoms with Gasteiger partial charge in [-0.3, -0.25) is 9.79 Å². The van der Waals surface area contributed by atoms with Crippen LogP contribution in [0.5, 0.6) is 0 Å². The fourth-order valence-corrected chi connectivity index (χ4v) is 5.77. The number of thioether (sulfide) groups is 1. The van der Waals surface area contributed by atoms with Crippen LogP contribution in [-0.4, -0.2) is 30.7 Å². The maximum atomic E-state index is 12.4. The first kappa shape index (κ1) is 16.3. The molecule has 0 saturated carbocycles. The number of amides is 1. The summed E-state index contributed by atoms with van der Waals surface area (Å²) in [7, 11) is 0. The molecule has 3 heterocycles. The molecule has 2 aliphatic rings. The topological polar surface area (TPSA) is 77.3 Å². The van der Waals surface area contributed by atoms with Gasteiger partial charge in [-0.2, -0.15) is 5.26 Å². The van der Waals surface area contributed by atoms with Crippen molar-refractivity contribution in [1.29, 1.82) is 5.26 Å². The van der Waals surface area contributed by atoms with Gasteiger partial charge in [0.15, 0.2) is 5.17 Å². The fraction of sp³-hybridized carbons (Fsp3) is 0.278. The highest BCUT2D eigenvalue weighted by atomic mass is 32.2. The lowest BCUT2D eigenvalue weighted by Crippen LogP contribution is -2.41. The van der Waals surface area contributed by atoms with E-state index in [1.165, 1.54) is 16.2 Å². The van der Waals surface area contributed by atoms with E-state index in [9.17, 15) is 4.79 Å². The number of amidine groups is 1. The first-order valence-electron chi connectivity index (χ1n) is 8.02. The van der Waals surface area contributed by atoms with Crippen molar-refractivity contribution in [2.45, 2.75) is 4.75 Å². The van der Waals surface area contributed by atoms with E-state index in [2.05, 4.69) is 21.7 Å². The second-order valence-electron chi connectivity index (χ2n) is 6.06. The smallest absolute Gasteiger partial charge is 0.257 e. The van der Waals surface area contributed by atoms with Gasteiger partial charge in [-0.15, -0.1) is 11.3 Å². The average Bonchev–Trinajstić information content (AvgIpc) is 3.29. The largest absolute Gasteiger partial charge is 0.315 e. The summed E-state index contributed by atoms with van der Waals surface area (Å²) in [5.41, 5.74) is 0.620. The molecule has 1 aromatic heterocycles. The molecule has 1 amide bonds. The molecular weight excluding hydrogens is 352 g/mol. The zero-order chi connectivity index (χ0) is 17.3. The highest BCUT2D eigenvalue weighted by Crippen LogP contribution is 2.50. The van der Waals surface area contributed by atoms with Gasteiger partial charge in [-0.1, -0.05) is 30.0 Å². The quantitative estimate of drug-likeness (QED) is 0.854. The van der Waals surface area contributed by atoms with Crippen LogP contribution < -0.4 is 10.6 Å². The van der Waals surface area contributed by atoms with Crippen molar-refractivity contribution in [1.82, 2.24) is 10.6 Å². The van der Waals surface area contributed by atoms with Crippen LogP contribution in [-0.2, 0) is 4.75 Å². The van der Waals surface area contributed by atoms with Gasteiger partial charge in [0.2, 0.25) is 0 Å². The Bertz CT molecular complexity index is 871. The first-order chi connectivity index (χ1) is 12.2. The third kappa shape index (κ3) is 2.97. The summed E-state index contributed by atoms with van der Waals surface area (Å²) >= 11 is 3.14. The Morgan fingerprint density at radius 2 is 2.16 bits per heavy atom. The minimum absolute atomic E-state index is 0.143. The maximum Gasteiger partial charge on any atom is 0.257 e. The number of aliphatic imine (C=N–C) groups is 1. The van der Waals surface area contributed by atoms with Gasteiger partial charge < -0.3 is 10.6 Å². The van der Waals surface area contributed by atoms with Crippen molar-refractivity contribution in [3.8, 4) is 6.07 Å². The van der Waals surface area contributed by atoms with Crippen molar-refractivity contribution < 1.29 is 4.79 Å². The molecular formula is C18H16N4OS2. The molecule has 1 aromatic carbocycles. The van der Waals surface area contributed by atoms with E-state index in [1.54, 1.807) is 23.9 Å². The Morgan fingerprint density at radius 1 is 1.32 bits per heavy atom. The molecule has 0 unspecified atom stereocenters. The SMILES string of the molecule is N#Cc1ccc([C@]23CNC[C@@H]2CN=C(NC(=O)c2ccccc2)S3)s1. The third-order valence-corrected chi connectivity index (χ3v) is 7.34. The molecule has 1 saturated heterocycles. The van der Waals surface area contributed by atoms with Crippen molar-refractivity contribution in [3.63, 3.8) is 0 Å². The number of nitrogens with zero attached hydrogens (tertiary/aromatic N) is 2. The second-order valence-corrected chi connectivity index (χ2v) is 8.46. The van der Waals surface area contributed by atoms with E-state index < -0.39 is 0 Å². The fourth-order valence-electron chi connectivity index (χ4n) is 3.26. The summed E-state index contributed by atoms with van der Waals surface area (Å²) in [4.78, 5) is 18.9. The van der Waals surface area contributed by atoms with Crippen LogP contribution in [0.15, 0.2) is 47.5 Å². The lowest BCUT2D eigenvalue weighted by molar-refractivity contribution is 0.0977. The van der Waals surface area contributed by atoms with E-state index in [0.717, 1.165) is 13.1 Å². The van der Waals surface area contributed by atoms with Crippen LogP contribution in [0, 0.1) is 17.2 Å².